The Hall–Kier alpha value is -10.4. The van der Waals surface area contributed by atoms with Crippen molar-refractivity contribution in [3.05, 3.63) is 281 Å². The highest BCUT2D eigenvalue weighted by molar-refractivity contribution is 7.94. The minimum atomic E-state index is -3.80. The summed E-state index contributed by atoms with van der Waals surface area (Å²) in [7, 11) is -8.06. The Morgan fingerprint density at radius 1 is 0.323 bits per heavy atom. The summed E-state index contributed by atoms with van der Waals surface area (Å²) in [6, 6.07) is 71.4. The molecule has 0 amide bonds. The van der Waals surface area contributed by atoms with Crippen LogP contribution in [-0.4, -0.2) is 150 Å². The van der Waals surface area contributed by atoms with E-state index in [4.69, 9.17) is 18.9 Å². The van der Waals surface area contributed by atoms with Crippen LogP contribution in [0.3, 0.4) is 0 Å². The molecule has 5 atom stereocenters. The zero-order chi connectivity index (χ0) is 93.1. The molecule has 10 aromatic rings. The van der Waals surface area contributed by atoms with Gasteiger partial charge < -0.3 is 40.2 Å². The first kappa shape index (κ1) is 100. The molecule has 10 aromatic carbocycles. The van der Waals surface area contributed by atoms with Gasteiger partial charge in [0.2, 0.25) is 0 Å². The van der Waals surface area contributed by atoms with Crippen LogP contribution >= 0.6 is 0 Å². The number of hydrogen-bond donors (Lipinski definition) is 4. The summed E-state index contributed by atoms with van der Waals surface area (Å²) in [5, 5.41) is 14.3. The van der Waals surface area contributed by atoms with Crippen LogP contribution in [0.2, 0.25) is 0 Å². The summed E-state index contributed by atoms with van der Waals surface area (Å²) in [4.78, 5) is 36.1. The summed E-state index contributed by atoms with van der Waals surface area (Å²) in [5.74, 6) is -0.421. The molecule has 0 aromatic heterocycles. The molecule has 0 spiro atoms. The molecule has 130 heavy (non-hydrogen) atoms. The third kappa shape index (κ3) is 24.6. The number of methoxy groups -OCH3 is 1. The van der Waals surface area contributed by atoms with Gasteiger partial charge in [0, 0.05) is 83.1 Å². The molecule has 0 saturated carbocycles. The van der Waals surface area contributed by atoms with Crippen molar-refractivity contribution in [1.29, 1.82) is 0 Å². The van der Waals surface area contributed by atoms with Crippen LogP contribution in [0.1, 0.15) is 198 Å². The minimum Gasteiger partial charge on any atom is -0.466 e. The maximum atomic E-state index is 13.7. The maximum absolute atomic E-state index is 13.7. The number of anilines is 4. The van der Waals surface area contributed by atoms with Crippen LogP contribution in [0.25, 0.3) is 22.3 Å². The van der Waals surface area contributed by atoms with Gasteiger partial charge in [0.05, 0.1) is 86.3 Å². The minimum absolute atomic E-state index is 0.132. The summed E-state index contributed by atoms with van der Waals surface area (Å²) in [6.07, 6.45) is 14.8. The van der Waals surface area contributed by atoms with Crippen molar-refractivity contribution in [3.63, 3.8) is 0 Å². The second-order valence-corrected chi connectivity index (χ2v) is 41.5. The number of nitrogens with zero attached hydrogens (tertiary/aromatic N) is 4. The third-order valence-electron chi connectivity index (χ3n) is 23.6. The first-order valence-corrected chi connectivity index (χ1v) is 52.1. The van der Waals surface area contributed by atoms with Crippen LogP contribution in [0.4, 0.5) is 22.7 Å². The smallest absolute Gasteiger partial charge is 0.305 e. The third-order valence-corrected chi connectivity index (χ3v) is 31.9. The van der Waals surface area contributed by atoms with Gasteiger partial charge in [-0.05, 0) is 226 Å². The molecule has 4 heterocycles. The van der Waals surface area contributed by atoms with E-state index in [-0.39, 0.29) is 47.0 Å². The van der Waals surface area contributed by atoms with Crippen LogP contribution in [0, 0.1) is 6.92 Å². The largest absolute Gasteiger partial charge is 0.466 e. The van der Waals surface area contributed by atoms with Crippen LogP contribution < -0.4 is 38.5 Å². The standard InChI is InChI=1S/C29H34N2O4S.C24H32N2O5S2.C24H32N2O4S.C24H26N2O3S/c1-3-35-28(32)17-9-4-5-12-20-30-29-24-15-10-11-16-26(24)31(2)36(33,34)27-21-23(18-19-25(27)29)22-13-7-6-8-14-22;1-4-31-23(27)13-7-5-6-10-16-25-24-19-11-8-9-12-21(19)26(2)33(29,30)22-17-18(32(3)28)14-15-20(22)24;1-4-30-23(27)13-7-5-6-10-16-25-24-19-11-8-9-12-21(19)26(3)31(28,29)22-17-18(2)14-15-20(22)24;1-26-22-12-7-6-11-20(22)24(25-15-8-16-29-2)21-14-13-19(17-23(21)30(26,27)28)18-9-4-3-5-10-18/h6-8,10-11,13-16,18-19,21,29-30H,3-5,9,12,17,20H2,1-2H3;8-9,11-12,14-15,17,24-25H,4-7,10,13,16H2,1-3H3;8-9,11-12,14-15,17,24-25H,4-7,10,13,16H2,1-3H3;3-7,9-14,17,24-25H,8,15-16H2,1-2H3. The molecule has 29 heteroatoms. The maximum Gasteiger partial charge on any atom is 0.305 e. The van der Waals surface area contributed by atoms with Crippen LogP contribution in [-0.2, 0) is 84.2 Å². The summed E-state index contributed by atoms with van der Waals surface area (Å²) < 4.78 is 146. The highest BCUT2D eigenvalue weighted by Gasteiger charge is 2.40. The van der Waals surface area contributed by atoms with E-state index < -0.39 is 50.9 Å². The van der Waals surface area contributed by atoms with Gasteiger partial charge in [-0.15, -0.1) is 0 Å². The lowest BCUT2D eigenvalue weighted by atomic mass is 9.94. The van der Waals surface area contributed by atoms with Gasteiger partial charge in [0.1, 0.15) is 0 Å². The van der Waals surface area contributed by atoms with E-state index in [0.717, 1.165) is 170 Å². The molecule has 5 unspecified atom stereocenters. The molecule has 24 nitrogen and oxygen atoms in total. The van der Waals surface area contributed by atoms with E-state index in [1.807, 2.05) is 215 Å². The number of esters is 3. The van der Waals surface area contributed by atoms with Crippen molar-refractivity contribution in [3.8, 4) is 22.3 Å². The van der Waals surface area contributed by atoms with Crippen molar-refractivity contribution in [2.45, 2.75) is 179 Å². The van der Waals surface area contributed by atoms with E-state index in [1.165, 1.54) is 23.3 Å². The van der Waals surface area contributed by atoms with Crippen LogP contribution in [0.15, 0.2) is 255 Å². The number of para-hydroxylation sites is 4. The first-order chi connectivity index (χ1) is 62.6. The van der Waals surface area contributed by atoms with Gasteiger partial charge in [0.25, 0.3) is 40.1 Å². The average Bonchev–Trinajstić information content (AvgIpc) is 1.67. The SMILES string of the molecule is CCOC(=O)CCCCCCNC1c2ccccc2N(C)S(=O)(=O)c2cc(-c3ccccc3)ccc21.CCOC(=O)CCCCCCNC1c2ccccc2N(C)S(=O)(=O)c2cc(C)ccc21.CCOC(=O)CCCCCCNC1c2ccccc2N(C)S(=O)(=O)c2cc(S(C)=O)ccc21.COCCCNC1c2ccccc2N(C)S(=O)(=O)c2cc(-c3ccccc3)ccc21. The molecular weight excluding hydrogens is 1740 g/mol. The number of carbonyl (C=O) groups excluding carboxylic acids is 3. The number of unbranched alkanes of at least 4 members (excludes halogenated alkanes) is 9. The Balaban J connectivity index is 0.000000168. The molecule has 0 radical (unpaired) electrons. The van der Waals surface area contributed by atoms with Gasteiger partial charge in [-0.1, -0.05) is 214 Å². The van der Waals surface area contributed by atoms with E-state index in [9.17, 15) is 52.3 Å². The molecular formula is C101H124N8O16S5. The van der Waals surface area contributed by atoms with Crippen molar-refractivity contribution in [2.24, 2.45) is 0 Å². The van der Waals surface area contributed by atoms with Crippen molar-refractivity contribution >= 4 is 91.6 Å². The number of ether oxygens (including phenoxy) is 4. The van der Waals surface area contributed by atoms with E-state index >= 15 is 0 Å². The predicted octanol–water partition coefficient (Wildman–Crippen LogP) is 18.0. The van der Waals surface area contributed by atoms with E-state index in [2.05, 4.69) is 21.3 Å². The molecule has 4 N–H and O–H groups in total. The lowest BCUT2D eigenvalue weighted by molar-refractivity contribution is -0.144. The molecule has 0 bridgehead atoms. The normalized spacial score (nSPS) is 16.9. The van der Waals surface area contributed by atoms with E-state index in [0.29, 0.717) is 100 Å². The van der Waals surface area contributed by atoms with Gasteiger partial charge in [-0.25, -0.2) is 33.7 Å². The lowest BCUT2D eigenvalue weighted by Gasteiger charge is -2.22. The average molecular weight is 1870 g/mol. The van der Waals surface area contributed by atoms with Crippen molar-refractivity contribution < 1.29 is 71.2 Å². The monoisotopic (exact) mass is 1860 g/mol. The molecule has 694 valence electrons. The lowest BCUT2D eigenvalue weighted by Crippen LogP contribution is -2.26. The van der Waals surface area contributed by atoms with Crippen LogP contribution in [0.5, 0.6) is 0 Å². The van der Waals surface area contributed by atoms with Gasteiger partial charge >= 0.3 is 17.9 Å². The highest BCUT2D eigenvalue weighted by Crippen LogP contribution is 2.46. The van der Waals surface area contributed by atoms with E-state index in [1.54, 1.807) is 78.8 Å². The second kappa shape index (κ2) is 47.6. The first-order valence-electron chi connectivity index (χ1n) is 44.8. The molecule has 4 aliphatic rings. The number of rotatable bonds is 35. The fourth-order valence-corrected chi connectivity index (χ4v) is 23.3. The fraction of sp³-hybridized carbons (Fsp3) is 0.376. The summed E-state index contributed by atoms with van der Waals surface area (Å²) >= 11 is 0. The summed E-state index contributed by atoms with van der Waals surface area (Å²) in [6.45, 7) is 12.2. The second-order valence-electron chi connectivity index (χ2n) is 32.4. The number of hydrogen-bond acceptors (Lipinski definition) is 20. The molecule has 4 aliphatic heterocycles. The number of benzene rings is 10. The molecule has 0 fully saturated rings. The zero-order valence-electron chi connectivity index (χ0n) is 76.1. The summed E-state index contributed by atoms with van der Waals surface area (Å²) in [5.41, 5.74) is 14.0. The number of aryl methyl sites for hydroxylation is 1. The zero-order valence-corrected chi connectivity index (χ0v) is 80.2. The molecule has 0 saturated heterocycles. The quantitative estimate of drug-likeness (QED) is 0.0163. The molecule has 14 rings (SSSR count). The highest BCUT2D eigenvalue weighted by atomic mass is 32.2. The molecule has 0 aliphatic carbocycles. The van der Waals surface area contributed by atoms with Gasteiger partial charge in [-0.2, -0.15) is 0 Å². The van der Waals surface area contributed by atoms with Crippen molar-refractivity contribution in [2.75, 3.05) is 111 Å². The Morgan fingerprint density at radius 3 is 0.915 bits per heavy atom. The number of carbonyl (C=O) groups is 3. The Kier molecular flexibility index (Phi) is 36.6. The Morgan fingerprint density at radius 2 is 0.600 bits per heavy atom. The predicted molar refractivity (Wildman–Crippen MR) is 517 cm³/mol. The Bertz CT molecular complexity index is 6010. The number of nitrogens with one attached hydrogen (secondary N) is 4. The van der Waals surface area contributed by atoms with Gasteiger partial charge in [-0.3, -0.25) is 35.8 Å². The Labute approximate surface area is 771 Å². The van der Waals surface area contributed by atoms with Crippen molar-refractivity contribution in [1.82, 2.24) is 21.3 Å². The topological polar surface area (TPSA) is 303 Å². The number of sulfonamides is 4. The van der Waals surface area contributed by atoms with Gasteiger partial charge in [0.15, 0.2) is 0 Å². The number of fused-ring (bicyclic) bond motifs is 8. The fourth-order valence-electron chi connectivity index (χ4n) is 16.7.